The van der Waals surface area contributed by atoms with E-state index in [9.17, 15) is 9.90 Å². The zero-order valence-corrected chi connectivity index (χ0v) is 30.9. The van der Waals surface area contributed by atoms with E-state index in [1.54, 1.807) is 11.3 Å². The highest BCUT2D eigenvalue weighted by atomic mass is 35.5. The number of fused-ring (bicyclic) bond motifs is 2. The molecule has 2 aliphatic heterocycles. The molecule has 49 heavy (non-hydrogen) atoms. The molecule has 0 unspecified atom stereocenters. The van der Waals surface area contributed by atoms with Crippen molar-refractivity contribution in [3.05, 3.63) is 70.4 Å². The van der Waals surface area contributed by atoms with Crippen LogP contribution in [-0.4, -0.2) is 92.2 Å². The molecule has 0 amide bonds. The van der Waals surface area contributed by atoms with Crippen LogP contribution < -0.4 is 0 Å². The largest absolute Gasteiger partial charge is 0.479 e. The zero-order valence-electron chi connectivity index (χ0n) is 29.3. The third kappa shape index (κ3) is 6.70. The molecule has 2 saturated heterocycles. The number of nitrogens with zero attached hydrogens (tertiary/aromatic N) is 4. The average molecular weight is 695 g/mol. The molecule has 13 heteroatoms. The third-order valence-corrected chi connectivity index (χ3v) is 11.1. The monoisotopic (exact) mass is 694 g/mol. The molecule has 252 valence electrons. The van der Waals surface area contributed by atoms with Crippen LogP contribution in [-0.2, 0) is 19.5 Å². The Morgan fingerprint density at radius 3 is 2.33 bits per heavy atom. The summed E-state index contributed by atoms with van der Waals surface area (Å²) >= 11 is 7.89. The van der Waals surface area contributed by atoms with Crippen LogP contribution >= 0.6 is 22.9 Å². The molecular weight excluding hydrogens is 652 g/mol. The minimum Gasteiger partial charge on any atom is -0.479 e. The number of carbonyl (C=O) groups is 1. The number of halogens is 1. The summed E-state index contributed by atoms with van der Waals surface area (Å²) in [6.45, 7) is 11.4. The second-order valence-electron chi connectivity index (χ2n) is 15.5. The molecule has 8 nitrogen and oxygen atoms in total. The van der Waals surface area contributed by atoms with Crippen LogP contribution in [0.3, 0.4) is 0 Å². The minimum absolute atomic E-state index is 0.172. The minimum atomic E-state index is -1.16. The van der Waals surface area contributed by atoms with Crippen molar-refractivity contribution in [1.29, 1.82) is 0 Å². The number of carboxylic acids is 1. The Balaban J connectivity index is 1.36. The van der Waals surface area contributed by atoms with Crippen molar-refractivity contribution >= 4 is 73.6 Å². The third-order valence-electron chi connectivity index (χ3n) is 9.66. The van der Waals surface area contributed by atoms with Gasteiger partial charge in [0.05, 0.1) is 46.3 Å². The fourth-order valence-corrected chi connectivity index (χ4v) is 8.47. The SMILES string of the molecule is BC(B)(B)n1nc(C2CCN(C3COC3)CC2)c2cc(-c3nc4cc(C)c([C@H](OC(C)(C)C)C(=O)O)c(-c5ccc(Cl)cc5)c4s3)ccc21. The van der Waals surface area contributed by atoms with E-state index in [1.165, 1.54) is 11.1 Å². The van der Waals surface area contributed by atoms with E-state index < -0.39 is 17.7 Å². The number of ether oxygens (including phenoxy) is 2. The number of piperidine rings is 1. The van der Waals surface area contributed by atoms with E-state index in [-0.39, 0.29) is 5.24 Å². The zero-order chi connectivity index (χ0) is 34.8. The van der Waals surface area contributed by atoms with E-state index in [4.69, 9.17) is 31.2 Å². The van der Waals surface area contributed by atoms with Crippen molar-refractivity contribution in [1.82, 2.24) is 19.7 Å². The van der Waals surface area contributed by atoms with Crippen molar-refractivity contribution < 1.29 is 19.4 Å². The quantitative estimate of drug-likeness (QED) is 0.231. The number of hydrogen-bond acceptors (Lipinski definition) is 7. The average Bonchev–Trinajstić information content (AvgIpc) is 3.60. The number of aromatic nitrogens is 3. The molecule has 5 aromatic rings. The van der Waals surface area contributed by atoms with Crippen molar-refractivity contribution in [2.45, 2.75) is 69.4 Å². The summed E-state index contributed by atoms with van der Waals surface area (Å²) in [6, 6.07) is 16.7. The van der Waals surface area contributed by atoms with Gasteiger partial charge >= 0.3 is 5.97 Å². The summed E-state index contributed by atoms with van der Waals surface area (Å²) < 4.78 is 14.8. The van der Waals surface area contributed by atoms with Crippen LogP contribution in [0.25, 0.3) is 42.8 Å². The molecule has 7 rings (SSSR count). The van der Waals surface area contributed by atoms with Gasteiger partial charge in [0.1, 0.15) is 28.5 Å². The van der Waals surface area contributed by atoms with Gasteiger partial charge in [0.2, 0.25) is 0 Å². The van der Waals surface area contributed by atoms with Crippen molar-refractivity contribution in [2.75, 3.05) is 26.3 Å². The van der Waals surface area contributed by atoms with Crippen LogP contribution in [0.4, 0.5) is 0 Å². The lowest BCUT2D eigenvalue weighted by molar-refractivity contribution is -0.160. The maximum Gasteiger partial charge on any atom is 0.337 e. The summed E-state index contributed by atoms with van der Waals surface area (Å²) in [6.07, 6.45) is 0.990. The lowest BCUT2D eigenvalue weighted by atomic mass is 9.49. The van der Waals surface area contributed by atoms with Gasteiger partial charge in [-0.05, 0) is 106 Å². The molecule has 1 N–H and O–H groups in total. The molecule has 0 bridgehead atoms. The van der Waals surface area contributed by atoms with Crippen molar-refractivity contribution in [3.63, 3.8) is 0 Å². The smallest absolute Gasteiger partial charge is 0.337 e. The predicted molar refractivity (Wildman–Crippen MR) is 207 cm³/mol. The van der Waals surface area contributed by atoms with Crippen LogP contribution in [0, 0.1) is 6.92 Å². The summed E-state index contributed by atoms with van der Waals surface area (Å²) in [7, 11) is 6.61. The lowest BCUT2D eigenvalue weighted by Crippen LogP contribution is -2.51. The first-order valence-corrected chi connectivity index (χ1v) is 18.3. The topological polar surface area (TPSA) is 89.7 Å². The van der Waals surface area contributed by atoms with Gasteiger partial charge in [-0.25, -0.2) is 9.78 Å². The molecule has 0 saturated carbocycles. The maximum absolute atomic E-state index is 12.8. The summed E-state index contributed by atoms with van der Waals surface area (Å²) in [5.74, 6) is -0.649. The fourth-order valence-electron chi connectivity index (χ4n) is 7.22. The first kappa shape index (κ1) is 34.3. The molecule has 4 heterocycles. The molecule has 0 spiro atoms. The highest BCUT2D eigenvalue weighted by molar-refractivity contribution is 7.22. The molecule has 2 aliphatic rings. The number of carboxylic acid groups (broad SMARTS) is 1. The highest BCUT2D eigenvalue weighted by Gasteiger charge is 2.34. The summed E-state index contributed by atoms with van der Waals surface area (Å²) in [4.78, 5) is 20.5. The molecular formula is C36H42B3ClN4O4S. The predicted octanol–water partition coefficient (Wildman–Crippen LogP) is 4.93. The van der Waals surface area contributed by atoms with Crippen LogP contribution in [0.15, 0.2) is 48.5 Å². The number of hydrogen-bond donors (Lipinski definition) is 1. The number of benzene rings is 3. The van der Waals surface area contributed by atoms with Gasteiger partial charge in [-0.3, -0.25) is 9.58 Å². The Hall–Kier alpha value is -3.15. The molecule has 2 fully saturated rings. The Morgan fingerprint density at radius 1 is 1.06 bits per heavy atom. The van der Waals surface area contributed by atoms with Gasteiger partial charge in [-0.2, -0.15) is 5.10 Å². The van der Waals surface area contributed by atoms with Crippen LogP contribution in [0.5, 0.6) is 0 Å². The Labute approximate surface area is 299 Å². The number of rotatable bonds is 8. The van der Waals surface area contributed by atoms with E-state index in [2.05, 4.69) is 51.3 Å². The molecule has 0 radical (unpaired) electrons. The van der Waals surface area contributed by atoms with Crippen LogP contribution in [0.2, 0.25) is 5.02 Å². The summed E-state index contributed by atoms with van der Waals surface area (Å²) in [5, 5.41) is 18.2. The van der Waals surface area contributed by atoms with E-state index >= 15 is 0 Å². The van der Waals surface area contributed by atoms with E-state index in [0.717, 1.165) is 82.1 Å². The fraction of sp³-hybridized carbons (Fsp3) is 0.417. The molecule has 3 aromatic carbocycles. The standard InChI is InChI=1S/C36H42B3ClN4O4S/c1-19-15-26-32(29(20-5-8-23(40)9-6-20)28(19)31(34(45)46)48-35(2,3)4)49-33(41-26)22-7-10-27-25(16-22)30(42-44(27)36(37,38)39)21-11-13-43(14-12-21)24-17-47-18-24/h5-10,15-16,21,24,31H,11-14,17-18,37-39H2,1-4H3,(H,45,46)/t31-/m0/s1. The van der Waals surface area contributed by atoms with Gasteiger partial charge in [0, 0.05) is 33.0 Å². The number of likely N-dealkylation sites (tertiary alicyclic amines) is 1. The second-order valence-corrected chi connectivity index (χ2v) is 16.9. The van der Waals surface area contributed by atoms with E-state index in [0.29, 0.717) is 22.5 Å². The Kier molecular flexibility index (Phi) is 9.02. The number of aliphatic carboxylic acids is 1. The number of thiazole rings is 1. The van der Waals surface area contributed by atoms with Crippen LogP contribution in [0.1, 0.15) is 62.5 Å². The van der Waals surface area contributed by atoms with Crippen molar-refractivity contribution in [3.8, 4) is 21.7 Å². The second kappa shape index (κ2) is 12.9. The summed E-state index contributed by atoms with van der Waals surface area (Å²) in [5.41, 5.74) is 6.61. The molecule has 2 aromatic heterocycles. The normalized spacial score (nSPS) is 17.5. The Bertz CT molecular complexity index is 2040. The maximum atomic E-state index is 12.8. The first-order chi connectivity index (χ1) is 23.2. The highest BCUT2D eigenvalue weighted by Crippen LogP contribution is 2.45. The van der Waals surface area contributed by atoms with Gasteiger partial charge < -0.3 is 14.6 Å². The van der Waals surface area contributed by atoms with Gasteiger partial charge in [0.25, 0.3) is 0 Å². The lowest BCUT2D eigenvalue weighted by Gasteiger charge is -2.41. The van der Waals surface area contributed by atoms with E-state index in [1.807, 2.05) is 58.0 Å². The molecule has 1 atom stereocenters. The van der Waals surface area contributed by atoms with Gasteiger partial charge in [0.15, 0.2) is 6.10 Å². The van der Waals surface area contributed by atoms with Crippen molar-refractivity contribution in [2.24, 2.45) is 0 Å². The van der Waals surface area contributed by atoms with Gasteiger partial charge in [-0.15, -0.1) is 11.3 Å². The Morgan fingerprint density at radius 2 is 1.73 bits per heavy atom. The number of aryl methyl sites for hydroxylation is 1. The van der Waals surface area contributed by atoms with Gasteiger partial charge in [-0.1, -0.05) is 23.7 Å². The molecule has 0 aliphatic carbocycles. The first-order valence-electron chi connectivity index (χ1n) is 17.1.